The summed E-state index contributed by atoms with van der Waals surface area (Å²) in [6, 6.07) is 1.54. The van der Waals surface area contributed by atoms with Crippen molar-refractivity contribution in [3.63, 3.8) is 0 Å². The maximum absolute atomic E-state index is 13.3. The SMILES string of the molecule is CNCc1cc(F)cnc1N1CCOC(C)(C)C1. The number of nitrogens with zero attached hydrogens (tertiary/aromatic N) is 2. The summed E-state index contributed by atoms with van der Waals surface area (Å²) in [6.45, 7) is 6.95. The fraction of sp³-hybridized carbons (Fsp3) is 0.615. The quantitative estimate of drug-likeness (QED) is 0.887. The van der Waals surface area contributed by atoms with Gasteiger partial charge in [0.2, 0.25) is 0 Å². The standard InChI is InChI=1S/C13H20FN3O/c1-13(2)9-17(4-5-18-13)12-10(7-15-3)6-11(14)8-16-12/h6,8,15H,4-5,7,9H2,1-3H3. The predicted molar refractivity (Wildman–Crippen MR) is 69.2 cm³/mol. The number of halogens is 1. The van der Waals surface area contributed by atoms with E-state index < -0.39 is 0 Å². The Morgan fingerprint density at radius 2 is 2.33 bits per heavy atom. The lowest BCUT2D eigenvalue weighted by Gasteiger charge is -2.39. The molecule has 1 aliphatic heterocycles. The molecule has 1 saturated heterocycles. The van der Waals surface area contributed by atoms with Crippen LogP contribution in [0.25, 0.3) is 0 Å². The van der Waals surface area contributed by atoms with Crippen LogP contribution in [0.4, 0.5) is 10.2 Å². The lowest BCUT2D eigenvalue weighted by atomic mass is 10.1. The van der Waals surface area contributed by atoms with Crippen molar-refractivity contribution in [3.8, 4) is 0 Å². The molecule has 1 aliphatic rings. The number of aromatic nitrogens is 1. The number of ether oxygens (including phenoxy) is 1. The van der Waals surface area contributed by atoms with Gasteiger partial charge in [-0.1, -0.05) is 0 Å². The lowest BCUT2D eigenvalue weighted by molar-refractivity contribution is -0.0279. The summed E-state index contributed by atoms with van der Waals surface area (Å²) < 4.78 is 18.9. The highest BCUT2D eigenvalue weighted by molar-refractivity contribution is 5.47. The van der Waals surface area contributed by atoms with E-state index in [-0.39, 0.29) is 11.4 Å². The Hall–Kier alpha value is -1.20. The molecule has 0 aliphatic carbocycles. The molecule has 1 fully saturated rings. The molecule has 18 heavy (non-hydrogen) atoms. The summed E-state index contributed by atoms with van der Waals surface area (Å²) in [5, 5.41) is 3.05. The van der Waals surface area contributed by atoms with Gasteiger partial charge in [-0.15, -0.1) is 0 Å². The molecule has 1 aromatic rings. The van der Waals surface area contributed by atoms with E-state index in [4.69, 9.17) is 4.74 Å². The number of anilines is 1. The second kappa shape index (κ2) is 5.20. The highest BCUT2D eigenvalue weighted by Gasteiger charge is 2.28. The average Bonchev–Trinajstić information content (AvgIpc) is 2.28. The van der Waals surface area contributed by atoms with E-state index >= 15 is 0 Å². The fourth-order valence-electron chi connectivity index (χ4n) is 2.28. The van der Waals surface area contributed by atoms with E-state index in [2.05, 4.69) is 29.0 Å². The molecule has 0 aromatic carbocycles. The first kappa shape index (κ1) is 13.2. The highest BCUT2D eigenvalue weighted by atomic mass is 19.1. The highest BCUT2D eigenvalue weighted by Crippen LogP contribution is 2.24. The number of pyridine rings is 1. The first-order valence-corrected chi connectivity index (χ1v) is 6.20. The van der Waals surface area contributed by atoms with Gasteiger partial charge in [0, 0.05) is 25.2 Å². The predicted octanol–water partition coefficient (Wildman–Crippen LogP) is 1.56. The molecule has 0 spiro atoms. The molecule has 4 nitrogen and oxygen atoms in total. The summed E-state index contributed by atoms with van der Waals surface area (Å²) in [6.07, 6.45) is 1.27. The number of nitrogens with one attached hydrogen (secondary N) is 1. The third-order valence-electron chi connectivity index (χ3n) is 3.00. The van der Waals surface area contributed by atoms with Crippen molar-refractivity contribution in [3.05, 3.63) is 23.6 Å². The minimum atomic E-state index is -0.295. The van der Waals surface area contributed by atoms with Crippen LogP contribution in [0.1, 0.15) is 19.4 Å². The van der Waals surface area contributed by atoms with Gasteiger partial charge in [-0.25, -0.2) is 9.37 Å². The van der Waals surface area contributed by atoms with Crippen molar-refractivity contribution in [2.45, 2.75) is 26.0 Å². The van der Waals surface area contributed by atoms with Crippen molar-refractivity contribution in [1.82, 2.24) is 10.3 Å². The van der Waals surface area contributed by atoms with Crippen LogP contribution in [0.5, 0.6) is 0 Å². The van der Waals surface area contributed by atoms with Gasteiger partial charge < -0.3 is 15.0 Å². The van der Waals surface area contributed by atoms with Gasteiger partial charge in [0.25, 0.3) is 0 Å². The summed E-state index contributed by atoms with van der Waals surface area (Å²) in [4.78, 5) is 6.40. The largest absolute Gasteiger partial charge is 0.372 e. The molecule has 0 unspecified atom stereocenters. The van der Waals surface area contributed by atoms with Crippen LogP contribution in [0, 0.1) is 5.82 Å². The van der Waals surface area contributed by atoms with Gasteiger partial charge in [-0.3, -0.25) is 0 Å². The molecule has 0 atom stereocenters. The van der Waals surface area contributed by atoms with Crippen LogP contribution in [0.2, 0.25) is 0 Å². The molecule has 2 rings (SSSR count). The zero-order valence-corrected chi connectivity index (χ0v) is 11.2. The first-order valence-electron chi connectivity index (χ1n) is 6.20. The Balaban J connectivity index is 2.26. The molecule has 100 valence electrons. The van der Waals surface area contributed by atoms with E-state index in [1.54, 1.807) is 6.07 Å². The molecule has 5 heteroatoms. The van der Waals surface area contributed by atoms with Gasteiger partial charge in [-0.2, -0.15) is 0 Å². The molecule has 0 amide bonds. The second-order valence-electron chi connectivity index (χ2n) is 5.20. The molecule has 0 saturated carbocycles. The van der Waals surface area contributed by atoms with Gasteiger partial charge in [0.1, 0.15) is 11.6 Å². The van der Waals surface area contributed by atoms with Gasteiger partial charge >= 0.3 is 0 Å². The van der Waals surface area contributed by atoms with Crippen molar-refractivity contribution in [2.75, 3.05) is 31.6 Å². The van der Waals surface area contributed by atoms with Crippen molar-refractivity contribution in [2.24, 2.45) is 0 Å². The monoisotopic (exact) mass is 253 g/mol. The molecule has 0 radical (unpaired) electrons. The number of rotatable bonds is 3. The summed E-state index contributed by atoms with van der Waals surface area (Å²) >= 11 is 0. The zero-order valence-electron chi connectivity index (χ0n) is 11.2. The van der Waals surface area contributed by atoms with Gasteiger partial charge in [0.05, 0.1) is 18.4 Å². The normalized spacial score (nSPS) is 19.0. The van der Waals surface area contributed by atoms with Crippen LogP contribution in [0.15, 0.2) is 12.3 Å². The summed E-state index contributed by atoms with van der Waals surface area (Å²) in [7, 11) is 1.85. The average molecular weight is 253 g/mol. The second-order valence-corrected chi connectivity index (χ2v) is 5.20. The third-order valence-corrected chi connectivity index (χ3v) is 3.00. The number of hydrogen-bond donors (Lipinski definition) is 1. The van der Waals surface area contributed by atoms with Crippen molar-refractivity contribution in [1.29, 1.82) is 0 Å². The minimum Gasteiger partial charge on any atom is -0.372 e. The molecular formula is C13H20FN3O. The first-order chi connectivity index (χ1) is 8.52. The third kappa shape index (κ3) is 2.97. The Morgan fingerprint density at radius 1 is 1.56 bits per heavy atom. The van der Waals surface area contributed by atoms with Gasteiger partial charge in [-0.05, 0) is 27.0 Å². The summed E-state index contributed by atoms with van der Waals surface area (Å²) in [5.41, 5.74) is 0.695. The number of morpholine rings is 1. The van der Waals surface area contributed by atoms with Crippen LogP contribution in [-0.2, 0) is 11.3 Å². The smallest absolute Gasteiger partial charge is 0.141 e. The maximum atomic E-state index is 13.3. The van der Waals surface area contributed by atoms with E-state index in [1.807, 2.05) is 7.05 Å². The summed E-state index contributed by atoms with van der Waals surface area (Å²) in [5.74, 6) is 0.554. The Morgan fingerprint density at radius 3 is 3.00 bits per heavy atom. The molecule has 1 aromatic heterocycles. The van der Waals surface area contributed by atoms with Crippen molar-refractivity contribution >= 4 is 5.82 Å². The van der Waals surface area contributed by atoms with Crippen molar-refractivity contribution < 1.29 is 9.13 Å². The fourth-order valence-corrected chi connectivity index (χ4v) is 2.28. The molecular weight excluding hydrogens is 233 g/mol. The van der Waals surface area contributed by atoms with E-state index in [1.165, 1.54) is 6.20 Å². The van der Waals surface area contributed by atoms with Crippen LogP contribution in [0.3, 0.4) is 0 Å². The van der Waals surface area contributed by atoms with E-state index in [0.717, 1.165) is 24.5 Å². The Bertz CT molecular complexity index is 423. The van der Waals surface area contributed by atoms with E-state index in [9.17, 15) is 4.39 Å². The lowest BCUT2D eigenvalue weighted by Crippen LogP contribution is -2.49. The maximum Gasteiger partial charge on any atom is 0.141 e. The molecule has 2 heterocycles. The molecule has 1 N–H and O–H groups in total. The molecule has 0 bridgehead atoms. The van der Waals surface area contributed by atoms with Crippen LogP contribution < -0.4 is 10.2 Å². The van der Waals surface area contributed by atoms with Crippen LogP contribution >= 0.6 is 0 Å². The Labute approximate surface area is 107 Å². The van der Waals surface area contributed by atoms with Crippen LogP contribution in [-0.4, -0.2) is 37.3 Å². The Kier molecular flexibility index (Phi) is 3.82. The number of hydrogen-bond acceptors (Lipinski definition) is 4. The minimum absolute atomic E-state index is 0.189. The van der Waals surface area contributed by atoms with E-state index in [0.29, 0.717) is 13.2 Å². The van der Waals surface area contributed by atoms with Gasteiger partial charge in [0.15, 0.2) is 0 Å². The zero-order chi connectivity index (χ0) is 13.2. The topological polar surface area (TPSA) is 37.4 Å².